The summed E-state index contributed by atoms with van der Waals surface area (Å²) in [7, 11) is 0. The van der Waals surface area contributed by atoms with Crippen LogP contribution >= 0.6 is 0 Å². The van der Waals surface area contributed by atoms with Crippen LogP contribution in [0.5, 0.6) is 0 Å². The zero-order valence-corrected chi connectivity index (χ0v) is 7.51. The molecule has 0 saturated carbocycles. The van der Waals surface area contributed by atoms with Gasteiger partial charge in [-0.05, 0) is 25.7 Å². The fourth-order valence-electron chi connectivity index (χ4n) is 1.39. The molecule has 0 heterocycles. The second-order valence-electron chi connectivity index (χ2n) is 3.35. The van der Waals surface area contributed by atoms with E-state index in [4.69, 9.17) is 0 Å². The zero-order valence-electron chi connectivity index (χ0n) is 7.51. The molecule has 1 rings (SSSR count). The summed E-state index contributed by atoms with van der Waals surface area (Å²) < 4.78 is 0. The van der Waals surface area contributed by atoms with E-state index in [9.17, 15) is 4.79 Å². The maximum absolute atomic E-state index is 11.2. The van der Waals surface area contributed by atoms with E-state index in [0.717, 1.165) is 44.1 Å². The van der Waals surface area contributed by atoms with E-state index in [2.05, 4.69) is 18.7 Å². The molecule has 0 amide bonds. The first kappa shape index (κ1) is 9.24. The number of Topliss-reactive ketones (excluding diaryl/α,β-unsaturated/α-hetero) is 1. The van der Waals surface area contributed by atoms with E-state index in [1.54, 1.807) is 0 Å². The van der Waals surface area contributed by atoms with Crippen molar-refractivity contribution in [1.82, 2.24) is 0 Å². The predicted octanol–water partition coefficient (Wildman–Crippen LogP) is 3.02. The second-order valence-corrected chi connectivity index (χ2v) is 3.35. The Hall–Kier alpha value is -0.850. The summed E-state index contributed by atoms with van der Waals surface area (Å²) in [6.45, 7) is 3.92. The van der Waals surface area contributed by atoms with Gasteiger partial charge in [-0.25, -0.2) is 0 Å². The summed E-state index contributed by atoms with van der Waals surface area (Å²) in [4.78, 5) is 11.2. The lowest BCUT2D eigenvalue weighted by molar-refractivity contribution is -0.119. The van der Waals surface area contributed by atoms with Gasteiger partial charge in [-0.3, -0.25) is 4.79 Å². The van der Waals surface area contributed by atoms with Crippen LogP contribution < -0.4 is 0 Å². The van der Waals surface area contributed by atoms with Gasteiger partial charge in [-0.15, -0.1) is 0 Å². The second kappa shape index (κ2) is 4.91. The van der Waals surface area contributed by atoms with Crippen LogP contribution in [0.1, 0.15) is 38.5 Å². The van der Waals surface area contributed by atoms with E-state index in [1.807, 2.05) is 0 Å². The molecule has 0 aromatic rings. The van der Waals surface area contributed by atoms with Crippen LogP contribution in [-0.4, -0.2) is 5.78 Å². The van der Waals surface area contributed by atoms with E-state index in [0.29, 0.717) is 5.78 Å². The van der Waals surface area contributed by atoms with Crippen molar-refractivity contribution in [3.63, 3.8) is 0 Å². The van der Waals surface area contributed by atoms with Gasteiger partial charge in [0, 0.05) is 12.8 Å². The SMILES string of the molecule is C=C1/C=C/CCCC(=O)CCC1. The van der Waals surface area contributed by atoms with Gasteiger partial charge in [-0.2, -0.15) is 0 Å². The molecule has 1 aliphatic rings. The van der Waals surface area contributed by atoms with Gasteiger partial charge in [0.25, 0.3) is 0 Å². The molecule has 0 fully saturated rings. The minimum absolute atomic E-state index is 0.415. The monoisotopic (exact) mass is 164 g/mol. The number of carbonyl (C=O) groups excluding carboxylic acids is 1. The summed E-state index contributed by atoms with van der Waals surface area (Å²) in [5.74, 6) is 0.415. The lowest BCUT2D eigenvalue weighted by Gasteiger charge is -2.03. The van der Waals surface area contributed by atoms with Crippen molar-refractivity contribution in [2.24, 2.45) is 0 Å². The third-order valence-electron chi connectivity index (χ3n) is 2.13. The Morgan fingerprint density at radius 3 is 2.75 bits per heavy atom. The van der Waals surface area contributed by atoms with Gasteiger partial charge in [0.1, 0.15) is 5.78 Å². The largest absolute Gasteiger partial charge is 0.300 e. The van der Waals surface area contributed by atoms with Crippen LogP contribution in [0, 0.1) is 0 Å². The normalized spacial score (nSPS) is 23.7. The molecule has 66 valence electrons. The Morgan fingerprint density at radius 2 is 1.92 bits per heavy atom. The molecule has 0 aromatic carbocycles. The highest BCUT2D eigenvalue weighted by molar-refractivity contribution is 5.78. The van der Waals surface area contributed by atoms with E-state index < -0.39 is 0 Å². The molecular formula is C11H16O. The van der Waals surface area contributed by atoms with Crippen molar-refractivity contribution in [3.8, 4) is 0 Å². The van der Waals surface area contributed by atoms with Crippen LogP contribution in [0.2, 0.25) is 0 Å². The summed E-state index contributed by atoms with van der Waals surface area (Å²) in [5, 5.41) is 0. The molecule has 0 aliphatic heterocycles. The molecule has 1 aliphatic carbocycles. The molecule has 0 unspecified atom stereocenters. The molecule has 1 heteroatoms. The number of carbonyl (C=O) groups is 1. The highest BCUT2D eigenvalue weighted by atomic mass is 16.1. The Labute approximate surface area is 74.2 Å². The standard InChI is InChI=1S/C11H16O/c1-10-6-3-2-4-8-11(12)9-5-7-10/h3,6H,1-2,4-5,7-9H2/b6-3+. The minimum Gasteiger partial charge on any atom is -0.300 e. The van der Waals surface area contributed by atoms with Crippen molar-refractivity contribution < 1.29 is 4.79 Å². The van der Waals surface area contributed by atoms with Crippen molar-refractivity contribution in [3.05, 3.63) is 24.3 Å². The number of rotatable bonds is 0. The van der Waals surface area contributed by atoms with Crippen molar-refractivity contribution >= 4 is 5.78 Å². The smallest absolute Gasteiger partial charge is 0.132 e. The molecule has 1 nitrogen and oxygen atoms in total. The summed E-state index contributed by atoms with van der Waals surface area (Å²) >= 11 is 0. The number of hydrogen-bond donors (Lipinski definition) is 0. The Kier molecular flexibility index (Phi) is 3.78. The van der Waals surface area contributed by atoms with Crippen LogP contribution in [0.4, 0.5) is 0 Å². The third-order valence-corrected chi connectivity index (χ3v) is 2.13. The Balaban J connectivity index is 2.44. The average Bonchev–Trinajstić information content (AvgIpc) is 2.04. The number of allylic oxidation sites excluding steroid dienone is 3. The van der Waals surface area contributed by atoms with Crippen LogP contribution in [-0.2, 0) is 4.79 Å². The highest BCUT2D eigenvalue weighted by Crippen LogP contribution is 2.12. The molecule has 0 radical (unpaired) electrons. The molecule has 0 aromatic heterocycles. The van der Waals surface area contributed by atoms with Gasteiger partial charge in [0.05, 0.1) is 0 Å². The molecule has 0 N–H and O–H groups in total. The maximum Gasteiger partial charge on any atom is 0.132 e. The molecule has 0 bridgehead atoms. The minimum atomic E-state index is 0.415. The summed E-state index contributed by atoms with van der Waals surface area (Å²) in [6, 6.07) is 0. The summed E-state index contributed by atoms with van der Waals surface area (Å²) in [5.41, 5.74) is 1.16. The summed E-state index contributed by atoms with van der Waals surface area (Å²) in [6.07, 6.45) is 9.69. The van der Waals surface area contributed by atoms with E-state index >= 15 is 0 Å². The third kappa shape index (κ3) is 3.51. The molecule has 0 saturated heterocycles. The first-order valence-corrected chi connectivity index (χ1v) is 4.65. The predicted molar refractivity (Wildman–Crippen MR) is 51.0 cm³/mol. The number of hydrogen-bond acceptors (Lipinski definition) is 1. The lowest BCUT2D eigenvalue weighted by Crippen LogP contribution is -1.98. The fraction of sp³-hybridized carbons (Fsp3) is 0.545. The first-order valence-electron chi connectivity index (χ1n) is 4.65. The van der Waals surface area contributed by atoms with Crippen molar-refractivity contribution in [2.75, 3.05) is 0 Å². The fourth-order valence-corrected chi connectivity index (χ4v) is 1.39. The van der Waals surface area contributed by atoms with Crippen LogP contribution in [0.25, 0.3) is 0 Å². The van der Waals surface area contributed by atoms with Crippen LogP contribution in [0.3, 0.4) is 0 Å². The van der Waals surface area contributed by atoms with Gasteiger partial charge < -0.3 is 0 Å². The van der Waals surface area contributed by atoms with E-state index in [-0.39, 0.29) is 0 Å². The molecule has 0 spiro atoms. The van der Waals surface area contributed by atoms with E-state index in [1.165, 1.54) is 0 Å². The molecule has 12 heavy (non-hydrogen) atoms. The Bertz CT molecular complexity index is 201. The van der Waals surface area contributed by atoms with Crippen molar-refractivity contribution in [1.29, 1.82) is 0 Å². The highest BCUT2D eigenvalue weighted by Gasteiger charge is 2.02. The first-order chi connectivity index (χ1) is 5.79. The Morgan fingerprint density at radius 1 is 1.17 bits per heavy atom. The topological polar surface area (TPSA) is 17.1 Å². The zero-order chi connectivity index (χ0) is 8.81. The number of ketones is 1. The average molecular weight is 164 g/mol. The van der Waals surface area contributed by atoms with Gasteiger partial charge in [0.2, 0.25) is 0 Å². The van der Waals surface area contributed by atoms with Crippen molar-refractivity contribution in [2.45, 2.75) is 38.5 Å². The quantitative estimate of drug-likeness (QED) is 0.538. The molecule has 0 atom stereocenters. The van der Waals surface area contributed by atoms with Crippen LogP contribution in [0.15, 0.2) is 24.3 Å². The van der Waals surface area contributed by atoms with Gasteiger partial charge in [0.15, 0.2) is 0 Å². The molecular weight excluding hydrogens is 148 g/mol. The maximum atomic E-state index is 11.2. The lowest BCUT2D eigenvalue weighted by atomic mass is 10.0. The van der Waals surface area contributed by atoms with Gasteiger partial charge in [-0.1, -0.05) is 24.3 Å². The van der Waals surface area contributed by atoms with Gasteiger partial charge >= 0.3 is 0 Å².